The number of hydrogen-bond donors (Lipinski definition) is 1. The molecular formula is C17H18N4O2. The van der Waals surface area contributed by atoms with Crippen LogP contribution < -0.4 is 5.73 Å². The SMILES string of the molecule is N#Cc1c(N)cccc1-c1cnn(C2CCCC23OCCO3)c1. The minimum Gasteiger partial charge on any atom is -0.398 e. The third kappa shape index (κ3) is 2.21. The van der Waals surface area contributed by atoms with E-state index in [0.717, 1.165) is 30.4 Å². The lowest BCUT2D eigenvalue weighted by Gasteiger charge is -2.29. The Balaban J connectivity index is 1.71. The fourth-order valence-corrected chi connectivity index (χ4v) is 3.65. The van der Waals surface area contributed by atoms with Gasteiger partial charge in [-0.05, 0) is 18.9 Å². The summed E-state index contributed by atoms with van der Waals surface area (Å²) < 4.78 is 13.7. The van der Waals surface area contributed by atoms with Crippen molar-refractivity contribution >= 4 is 5.69 Å². The number of benzene rings is 1. The molecule has 2 N–H and O–H groups in total. The molecule has 1 spiro atoms. The standard InChI is InChI=1S/C17H18N4O2/c18-9-14-13(3-1-4-15(14)19)12-10-20-21(11-12)16-5-2-6-17(16)22-7-8-23-17/h1,3-4,10-11,16H,2,5-8,19H2. The van der Waals surface area contributed by atoms with E-state index in [1.54, 1.807) is 12.3 Å². The van der Waals surface area contributed by atoms with Crippen molar-refractivity contribution in [3.8, 4) is 17.2 Å². The summed E-state index contributed by atoms with van der Waals surface area (Å²) in [4.78, 5) is 0. The van der Waals surface area contributed by atoms with E-state index in [1.165, 1.54) is 0 Å². The van der Waals surface area contributed by atoms with Gasteiger partial charge in [0.25, 0.3) is 0 Å². The largest absolute Gasteiger partial charge is 0.398 e. The third-order valence-corrected chi connectivity index (χ3v) is 4.73. The normalized spacial score (nSPS) is 22.5. The Hall–Kier alpha value is -2.36. The molecule has 6 nitrogen and oxygen atoms in total. The second kappa shape index (κ2) is 5.37. The molecule has 1 unspecified atom stereocenters. The molecule has 0 bridgehead atoms. The molecule has 2 fully saturated rings. The molecule has 0 amide bonds. The highest BCUT2D eigenvalue weighted by Gasteiger charge is 2.49. The average Bonchev–Trinajstić information content (AvgIpc) is 3.29. The zero-order valence-corrected chi connectivity index (χ0v) is 12.7. The van der Waals surface area contributed by atoms with Gasteiger partial charge in [0.1, 0.15) is 12.1 Å². The number of nitrogens with zero attached hydrogens (tertiary/aromatic N) is 3. The molecule has 1 saturated heterocycles. The Morgan fingerprint density at radius 3 is 2.96 bits per heavy atom. The van der Waals surface area contributed by atoms with Crippen molar-refractivity contribution in [2.45, 2.75) is 31.1 Å². The van der Waals surface area contributed by atoms with Crippen LogP contribution in [-0.2, 0) is 9.47 Å². The number of nitrogen functional groups attached to an aromatic ring is 1. The predicted molar refractivity (Wildman–Crippen MR) is 84.3 cm³/mol. The van der Waals surface area contributed by atoms with Crippen molar-refractivity contribution in [2.24, 2.45) is 0 Å². The number of hydrogen-bond acceptors (Lipinski definition) is 5. The predicted octanol–water partition coefficient (Wildman–Crippen LogP) is 2.47. The van der Waals surface area contributed by atoms with Crippen molar-refractivity contribution in [1.29, 1.82) is 5.26 Å². The van der Waals surface area contributed by atoms with Gasteiger partial charge in [0.05, 0.1) is 30.7 Å². The van der Waals surface area contributed by atoms with Crippen LogP contribution in [0.25, 0.3) is 11.1 Å². The van der Waals surface area contributed by atoms with E-state index in [-0.39, 0.29) is 6.04 Å². The maximum absolute atomic E-state index is 9.35. The minimum atomic E-state index is -0.531. The van der Waals surface area contributed by atoms with Crippen molar-refractivity contribution in [2.75, 3.05) is 18.9 Å². The number of nitriles is 1. The monoisotopic (exact) mass is 310 g/mol. The Bertz CT molecular complexity index is 766. The fraction of sp³-hybridized carbons (Fsp3) is 0.412. The van der Waals surface area contributed by atoms with Gasteiger partial charge in [-0.15, -0.1) is 0 Å². The molecule has 1 aliphatic carbocycles. The molecule has 118 valence electrons. The van der Waals surface area contributed by atoms with Gasteiger partial charge in [0, 0.05) is 23.7 Å². The van der Waals surface area contributed by atoms with Gasteiger partial charge in [-0.3, -0.25) is 4.68 Å². The maximum Gasteiger partial charge on any atom is 0.190 e. The smallest absolute Gasteiger partial charge is 0.190 e. The maximum atomic E-state index is 9.35. The molecule has 2 aromatic rings. The van der Waals surface area contributed by atoms with Crippen molar-refractivity contribution in [3.63, 3.8) is 0 Å². The van der Waals surface area contributed by atoms with Crippen LogP contribution in [0.4, 0.5) is 5.69 Å². The molecular weight excluding hydrogens is 292 g/mol. The van der Waals surface area contributed by atoms with Gasteiger partial charge in [-0.2, -0.15) is 10.4 Å². The van der Waals surface area contributed by atoms with E-state index < -0.39 is 5.79 Å². The summed E-state index contributed by atoms with van der Waals surface area (Å²) >= 11 is 0. The van der Waals surface area contributed by atoms with E-state index in [0.29, 0.717) is 24.5 Å². The van der Waals surface area contributed by atoms with E-state index in [4.69, 9.17) is 15.2 Å². The summed E-state index contributed by atoms with van der Waals surface area (Å²) in [6.07, 6.45) is 6.66. The zero-order chi connectivity index (χ0) is 15.9. The molecule has 0 radical (unpaired) electrons. The first-order valence-electron chi connectivity index (χ1n) is 7.84. The summed E-state index contributed by atoms with van der Waals surface area (Å²) in [6.45, 7) is 1.27. The lowest BCUT2D eigenvalue weighted by molar-refractivity contribution is -0.177. The van der Waals surface area contributed by atoms with E-state index >= 15 is 0 Å². The lowest BCUT2D eigenvalue weighted by Crippen LogP contribution is -2.36. The minimum absolute atomic E-state index is 0.0744. The van der Waals surface area contributed by atoms with Crippen molar-refractivity contribution in [3.05, 3.63) is 36.2 Å². The summed E-state index contributed by atoms with van der Waals surface area (Å²) in [5, 5.41) is 13.9. The van der Waals surface area contributed by atoms with Crippen LogP contribution in [0.5, 0.6) is 0 Å². The highest BCUT2D eigenvalue weighted by atomic mass is 16.7. The van der Waals surface area contributed by atoms with E-state index in [1.807, 2.05) is 23.0 Å². The molecule has 6 heteroatoms. The lowest BCUT2D eigenvalue weighted by atomic mass is 10.0. The molecule has 1 aliphatic heterocycles. The molecule has 23 heavy (non-hydrogen) atoms. The Kier molecular flexibility index (Phi) is 3.33. The van der Waals surface area contributed by atoms with Crippen LogP contribution in [0.1, 0.15) is 30.9 Å². The average molecular weight is 310 g/mol. The topological polar surface area (TPSA) is 86.1 Å². The van der Waals surface area contributed by atoms with Crippen molar-refractivity contribution < 1.29 is 9.47 Å². The van der Waals surface area contributed by atoms with Crippen LogP contribution >= 0.6 is 0 Å². The first-order chi connectivity index (χ1) is 11.2. The second-order valence-corrected chi connectivity index (χ2v) is 6.01. The van der Waals surface area contributed by atoms with E-state index in [2.05, 4.69) is 11.2 Å². The van der Waals surface area contributed by atoms with Crippen LogP contribution in [0, 0.1) is 11.3 Å². The summed E-state index contributed by atoms with van der Waals surface area (Å²) in [6, 6.07) is 7.73. The van der Waals surface area contributed by atoms with Crippen molar-refractivity contribution in [1.82, 2.24) is 9.78 Å². The second-order valence-electron chi connectivity index (χ2n) is 6.01. The van der Waals surface area contributed by atoms with Gasteiger partial charge in [0.15, 0.2) is 5.79 Å². The molecule has 1 aromatic carbocycles. The molecule has 1 saturated carbocycles. The number of aromatic nitrogens is 2. The highest BCUT2D eigenvalue weighted by Crippen LogP contribution is 2.45. The fourth-order valence-electron chi connectivity index (χ4n) is 3.65. The van der Waals surface area contributed by atoms with Crippen LogP contribution in [0.3, 0.4) is 0 Å². The van der Waals surface area contributed by atoms with Gasteiger partial charge >= 0.3 is 0 Å². The Morgan fingerprint density at radius 2 is 2.17 bits per heavy atom. The number of rotatable bonds is 2. The van der Waals surface area contributed by atoms with Gasteiger partial charge in [0.2, 0.25) is 0 Å². The van der Waals surface area contributed by atoms with Gasteiger partial charge < -0.3 is 15.2 Å². The van der Waals surface area contributed by atoms with Crippen LogP contribution in [0.2, 0.25) is 0 Å². The summed E-state index contributed by atoms with van der Waals surface area (Å²) in [7, 11) is 0. The number of nitrogens with two attached hydrogens (primary N) is 1. The first-order valence-corrected chi connectivity index (χ1v) is 7.84. The molecule has 1 atom stereocenters. The highest BCUT2D eigenvalue weighted by molar-refractivity contribution is 5.76. The Labute approximate surface area is 134 Å². The molecule has 1 aromatic heterocycles. The quantitative estimate of drug-likeness (QED) is 0.861. The van der Waals surface area contributed by atoms with Crippen LogP contribution in [0.15, 0.2) is 30.6 Å². The Morgan fingerprint density at radius 1 is 1.35 bits per heavy atom. The third-order valence-electron chi connectivity index (χ3n) is 4.73. The summed E-state index contributed by atoms with van der Waals surface area (Å²) in [5.74, 6) is -0.531. The first kappa shape index (κ1) is 14.2. The van der Waals surface area contributed by atoms with Gasteiger partial charge in [-0.25, -0.2) is 0 Å². The van der Waals surface area contributed by atoms with Crippen LogP contribution in [-0.4, -0.2) is 28.8 Å². The zero-order valence-electron chi connectivity index (χ0n) is 12.7. The molecule has 4 rings (SSSR count). The molecule has 2 aliphatic rings. The van der Waals surface area contributed by atoms with Gasteiger partial charge in [-0.1, -0.05) is 12.1 Å². The number of anilines is 1. The van der Waals surface area contributed by atoms with E-state index in [9.17, 15) is 5.26 Å². The number of ether oxygens (including phenoxy) is 2. The molecule has 2 heterocycles. The summed E-state index contributed by atoms with van der Waals surface area (Å²) in [5.41, 5.74) is 8.56.